The summed E-state index contributed by atoms with van der Waals surface area (Å²) in [5.41, 5.74) is 1.83. The summed E-state index contributed by atoms with van der Waals surface area (Å²) in [5, 5.41) is 14.0. The molecule has 0 amide bonds. The third-order valence-electron chi connectivity index (χ3n) is 2.82. The number of aromatic carboxylic acids is 1. The van der Waals surface area contributed by atoms with E-state index in [1.807, 2.05) is 13.8 Å². The van der Waals surface area contributed by atoms with Gasteiger partial charge in [-0.05, 0) is 26.0 Å². The van der Waals surface area contributed by atoms with Crippen molar-refractivity contribution in [1.29, 1.82) is 0 Å². The number of carbonyl (C=O) groups is 1. The molecule has 0 aliphatic carbocycles. The summed E-state index contributed by atoms with van der Waals surface area (Å²) in [6.07, 6.45) is 1.72. The van der Waals surface area contributed by atoms with Crippen LogP contribution in [0.15, 0.2) is 18.3 Å². The molecule has 2 aromatic heterocycles. The number of hydrogen-bond donors (Lipinski definition) is 1. The first-order valence-corrected chi connectivity index (χ1v) is 6.02. The molecule has 6 heteroatoms. The minimum Gasteiger partial charge on any atom is -0.477 e. The minimum atomic E-state index is -0.949. The van der Waals surface area contributed by atoms with Crippen LogP contribution in [0.3, 0.4) is 0 Å². The molecule has 0 radical (unpaired) electrons. The highest BCUT2D eigenvalue weighted by Crippen LogP contribution is 2.21. The van der Waals surface area contributed by atoms with Crippen molar-refractivity contribution in [2.75, 3.05) is 0 Å². The van der Waals surface area contributed by atoms with E-state index in [-0.39, 0.29) is 5.69 Å². The summed E-state index contributed by atoms with van der Waals surface area (Å²) < 4.78 is 3.44. The molecule has 2 rings (SSSR count). The number of hydrogen-bond acceptors (Lipinski definition) is 2. The smallest absolute Gasteiger partial charge is 0.352 e. The second kappa shape index (κ2) is 4.86. The highest BCUT2D eigenvalue weighted by molar-refractivity contribution is 6.31. The van der Waals surface area contributed by atoms with Crippen LogP contribution in [0.25, 0.3) is 0 Å². The Labute approximate surface area is 110 Å². The minimum absolute atomic E-state index is 0.243. The summed E-state index contributed by atoms with van der Waals surface area (Å²) in [4.78, 5) is 11.0. The number of carboxylic acid groups (broad SMARTS) is 1. The van der Waals surface area contributed by atoms with Crippen molar-refractivity contribution in [3.8, 4) is 0 Å². The zero-order chi connectivity index (χ0) is 13.3. The van der Waals surface area contributed by atoms with E-state index in [9.17, 15) is 4.79 Å². The molecule has 0 fully saturated rings. The standard InChI is InChI=1S/C12H14ClN3O2/c1-3-16-10(11(13)8(2)14-16)7-15-6-4-5-9(15)12(17)18/h4-6H,3,7H2,1-2H3,(H,17,18). The summed E-state index contributed by atoms with van der Waals surface area (Å²) in [7, 11) is 0. The van der Waals surface area contributed by atoms with Crippen LogP contribution in [0.5, 0.6) is 0 Å². The van der Waals surface area contributed by atoms with Crippen molar-refractivity contribution in [3.63, 3.8) is 0 Å². The van der Waals surface area contributed by atoms with Crippen molar-refractivity contribution in [3.05, 3.63) is 40.4 Å². The van der Waals surface area contributed by atoms with Gasteiger partial charge in [0.05, 0.1) is 23.0 Å². The van der Waals surface area contributed by atoms with Crippen LogP contribution in [0.1, 0.15) is 28.8 Å². The highest BCUT2D eigenvalue weighted by atomic mass is 35.5. The molecule has 0 aromatic carbocycles. The van der Waals surface area contributed by atoms with Gasteiger partial charge in [-0.3, -0.25) is 4.68 Å². The molecule has 0 unspecified atom stereocenters. The lowest BCUT2D eigenvalue weighted by molar-refractivity contribution is 0.0685. The molecule has 1 N–H and O–H groups in total. The van der Waals surface area contributed by atoms with Gasteiger partial charge in [0, 0.05) is 12.7 Å². The lowest BCUT2D eigenvalue weighted by Crippen LogP contribution is -2.12. The molecule has 2 aromatic rings. The molecule has 2 heterocycles. The van der Waals surface area contributed by atoms with Crippen LogP contribution in [0, 0.1) is 6.92 Å². The third kappa shape index (κ3) is 2.13. The molecule has 0 saturated heterocycles. The first-order valence-electron chi connectivity index (χ1n) is 5.64. The largest absolute Gasteiger partial charge is 0.477 e. The first-order chi connectivity index (χ1) is 8.54. The summed E-state index contributed by atoms with van der Waals surface area (Å²) in [5.74, 6) is -0.949. The van der Waals surface area contributed by atoms with Crippen molar-refractivity contribution in [2.24, 2.45) is 0 Å². The SMILES string of the molecule is CCn1nc(C)c(Cl)c1Cn1cccc1C(=O)O. The van der Waals surface area contributed by atoms with Gasteiger partial charge in [0.15, 0.2) is 0 Å². The zero-order valence-corrected chi connectivity index (χ0v) is 11.0. The molecule has 0 aliphatic rings. The van der Waals surface area contributed by atoms with Crippen molar-refractivity contribution >= 4 is 17.6 Å². The number of carboxylic acids is 1. The number of aryl methyl sites for hydroxylation is 2. The molecule has 96 valence electrons. The summed E-state index contributed by atoms with van der Waals surface area (Å²) in [6, 6.07) is 3.27. The predicted molar refractivity (Wildman–Crippen MR) is 68.1 cm³/mol. The van der Waals surface area contributed by atoms with Gasteiger partial charge < -0.3 is 9.67 Å². The van der Waals surface area contributed by atoms with Gasteiger partial charge in [-0.25, -0.2) is 4.79 Å². The Morgan fingerprint density at radius 2 is 2.28 bits per heavy atom. The van der Waals surface area contributed by atoms with E-state index in [1.165, 1.54) is 0 Å². The van der Waals surface area contributed by atoms with E-state index in [0.29, 0.717) is 18.1 Å². The maximum Gasteiger partial charge on any atom is 0.352 e. The first kappa shape index (κ1) is 12.7. The molecule has 0 bridgehead atoms. The van der Waals surface area contributed by atoms with Crippen LogP contribution in [0.2, 0.25) is 5.02 Å². The number of nitrogens with zero attached hydrogens (tertiary/aromatic N) is 3. The second-order valence-corrected chi connectivity index (χ2v) is 4.37. The highest BCUT2D eigenvalue weighted by Gasteiger charge is 2.15. The maximum absolute atomic E-state index is 11.0. The quantitative estimate of drug-likeness (QED) is 0.925. The number of rotatable bonds is 4. The Kier molecular flexibility index (Phi) is 3.43. The summed E-state index contributed by atoms with van der Waals surface area (Å²) in [6.45, 7) is 4.92. The molecular formula is C12H14ClN3O2. The zero-order valence-electron chi connectivity index (χ0n) is 10.2. The predicted octanol–water partition coefficient (Wildman–Crippen LogP) is 2.41. The van der Waals surface area contributed by atoms with E-state index in [2.05, 4.69) is 5.10 Å². The van der Waals surface area contributed by atoms with E-state index in [1.54, 1.807) is 27.6 Å². The van der Waals surface area contributed by atoms with Crippen molar-refractivity contribution < 1.29 is 9.90 Å². The van der Waals surface area contributed by atoms with Crippen LogP contribution in [0.4, 0.5) is 0 Å². The monoisotopic (exact) mass is 267 g/mol. The normalized spacial score (nSPS) is 10.8. The fourth-order valence-electron chi connectivity index (χ4n) is 1.93. The van der Waals surface area contributed by atoms with E-state index >= 15 is 0 Å². The lowest BCUT2D eigenvalue weighted by atomic mass is 10.3. The van der Waals surface area contributed by atoms with E-state index < -0.39 is 5.97 Å². The van der Waals surface area contributed by atoms with Gasteiger partial charge in [-0.1, -0.05) is 11.6 Å². The molecule has 5 nitrogen and oxygen atoms in total. The van der Waals surface area contributed by atoms with Crippen LogP contribution in [-0.2, 0) is 13.1 Å². The molecule has 18 heavy (non-hydrogen) atoms. The summed E-state index contributed by atoms with van der Waals surface area (Å²) >= 11 is 6.20. The second-order valence-electron chi connectivity index (χ2n) is 3.99. The lowest BCUT2D eigenvalue weighted by Gasteiger charge is -2.08. The Morgan fingerprint density at radius 3 is 2.89 bits per heavy atom. The number of halogens is 1. The molecule has 0 spiro atoms. The molecule has 0 atom stereocenters. The Morgan fingerprint density at radius 1 is 1.56 bits per heavy atom. The fourth-order valence-corrected chi connectivity index (χ4v) is 2.12. The van der Waals surface area contributed by atoms with Gasteiger partial charge in [0.1, 0.15) is 5.69 Å². The van der Waals surface area contributed by atoms with Gasteiger partial charge in [0.25, 0.3) is 0 Å². The average Bonchev–Trinajstić information content (AvgIpc) is 2.89. The molecular weight excluding hydrogens is 254 g/mol. The van der Waals surface area contributed by atoms with Crippen LogP contribution < -0.4 is 0 Å². The van der Waals surface area contributed by atoms with E-state index in [4.69, 9.17) is 16.7 Å². The molecule has 0 aliphatic heterocycles. The third-order valence-corrected chi connectivity index (χ3v) is 3.31. The number of aromatic nitrogens is 3. The van der Waals surface area contributed by atoms with Gasteiger partial charge in [-0.2, -0.15) is 5.10 Å². The van der Waals surface area contributed by atoms with Crippen molar-refractivity contribution in [2.45, 2.75) is 26.9 Å². The van der Waals surface area contributed by atoms with Gasteiger partial charge in [-0.15, -0.1) is 0 Å². The fraction of sp³-hybridized carbons (Fsp3) is 0.333. The topological polar surface area (TPSA) is 60.0 Å². The van der Waals surface area contributed by atoms with Crippen molar-refractivity contribution in [1.82, 2.24) is 14.3 Å². The van der Waals surface area contributed by atoms with Gasteiger partial charge in [0.2, 0.25) is 0 Å². The van der Waals surface area contributed by atoms with Crippen LogP contribution >= 0.6 is 11.6 Å². The maximum atomic E-state index is 11.0. The van der Waals surface area contributed by atoms with Gasteiger partial charge >= 0.3 is 5.97 Å². The van der Waals surface area contributed by atoms with E-state index in [0.717, 1.165) is 11.4 Å². The Balaban J connectivity index is 2.39. The average molecular weight is 268 g/mol. The van der Waals surface area contributed by atoms with Crippen LogP contribution in [-0.4, -0.2) is 25.4 Å². The Hall–Kier alpha value is -1.75. The molecule has 0 saturated carbocycles. The Bertz CT molecular complexity index is 586.